The molecule has 9 nitrogen and oxygen atoms in total. The van der Waals surface area contributed by atoms with Crippen LogP contribution in [-0.2, 0) is 32.3 Å². The molecule has 0 aromatic heterocycles. The molecule has 2 aromatic carbocycles. The molecule has 0 heterocycles. The minimum Gasteiger partial charge on any atom is -0.475 e. The van der Waals surface area contributed by atoms with Crippen LogP contribution >= 0.6 is 0 Å². The van der Waals surface area contributed by atoms with Gasteiger partial charge in [0, 0.05) is 6.54 Å². The number of amides is 2. The monoisotopic (exact) mass is 442 g/mol. The molecular formula is C23H26N2O7. The second-order valence-electron chi connectivity index (χ2n) is 6.91. The summed E-state index contributed by atoms with van der Waals surface area (Å²) in [6.45, 7) is 0.423. The highest BCUT2D eigenvalue weighted by molar-refractivity contribution is 6.35. The van der Waals surface area contributed by atoms with Crippen molar-refractivity contribution in [2.24, 2.45) is 0 Å². The first-order valence-corrected chi connectivity index (χ1v) is 10.1. The second-order valence-corrected chi connectivity index (χ2v) is 6.91. The number of nitrogens with one attached hydrogen (secondary N) is 2. The SMILES string of the molecule is O=C(NCCCC[C@H](NC(=O)OCc1ccccc1)C(=O)C(=O)O)OCc1ccccc1. The number of aliphatic carboxylic acids is 1. The van der Waals surface area contributed by atoms with Crippen LogP contribution in [0.15, 0.2) is 60.7 Å². The first-order chi connectivity index (χ1) is 15.5. The van der Waals surface area contributed by atoms with Crippen molar-refractivity contribution < 1.29 is 33.8 Å². The number of hydrogen-bond donors (Lipinski definition) is 3. The molecule has 0 spiro atoms. The lowest BCUT2D eigenvalue weighted by Crippen LogP contribution is -2.44. The number of unbranched alkanes of at least 4 members (excludes halogenated alkanes) is 1. The van der Waals surface area contributed by atoms with Gasteiger partial charge in [-0.3, -0.25) is 4.79 Å². The fraction of sp³-hybridized carbons (Fsp3) is 0.304. The number of rotatable bonds is 12. The Kier molecular flexibility index (Phi) is 10.2. The largest absolute Gasteiger partial charge is 0.475 e. The summed E-state index contributed by atoms with van der Waals surface area (Å²) in [5, 5.41) is 13.9. The van der Waals surface area contributed by atoms with Crippen molar-refractivity contribution in [3.63, 3.8) is 0 Å². The molecule has 2 amide bonds. The molecule has 2 aromatic rings. The number of carbonyl (C=O) groups excluding carboxylic acids is 3. The van der Waals surface area contributed by atoms with E-state index in [4.69, 9.17) is 14.6 Å². The molecule has 170 valence electrons. The van der Waals surface area contributed by atoms with Crippen LogP contribution in [0.5, 0.6) is 0 Å². The Bertz CT molecular complexity index is 888. The van der Waals surface area contributed by atoms with Gasteiger partial charge in [0.25, 0.3) is 5.78 Å². The van der Waals surface area contributed by atoms with Gasteiger partial charge in [-0.2, -0.15) is 0 Å². The van der Waals surface area contributed by atoms with Crippen LogP contribution < -0.4 is 10.6 Å². The van der Waals surface area contributed by atoms with E-state index < -0.39 is 30.0 Å². The smallest absolute Gasteiger partial charge is 0.408 e. The number of ketones is 1. The second kappa shape index (κ2) is 13.4. The fourth-order valence-electron chi connectivity index (χ4n) is 2.76. The normalized spacial score (nSPS) is 11.1. The van der Waals surface area contributed by atoms with Gasteiger partial charge in [-0.05, 0) is 30.4 Å². The molecule has 0 unspecified atom stereocenters. The lowest BCUT2D eigenvalue weighted by Gasteiger charge is -2.16. The van der Waals surface area contributed by atoms with E-state index >= 15 is 0 Å². The maximum atomic E-state index is 12.0. The topological polar surface area (TPSA) is 131 Å². The predicted octanol–water partition coefficient (Wildman–Crippen LogP) is 3.03. The summed E-state index contributed by atoms with van der Waals surface area (Å²) < 4.78 is 10.1. The van der Waals surface area contributed by atoms with Crippen LogP contribution in [0.1, 0.15) is 30.4 Å². The Hall–Kier alpha value is -3.88. The summed E-state index contributed by atoms with van der Waals surface area (Å²) in [6, 6.07) is 16.9. The number of carboxylic acids is 1. The molecule has 0 radical (unpaired) electrons. The van der Waals surface area contributed by atoms with E-state index in [2.05, 4.69) is 10.6 Å². The minimum atomic E-state index is -1.64. The van der Waals surface area contributed by atoms with Crippen molar-refractivity contribution in [1.29, 1.82) is 0 Å². The highest BCUT2D eigenvalue weighted by atomic mass is 16.6. The quantitative estimate of drug-likeness (QED) is 0.340. The van der Waals surface area contributed by atoms with E-state index in [9.17, 15) is 19.2 Å². The van der Waals surface area contributed by atoms with Crippen LogP contribution in [0.4, 0.5) is 9.59 Å². The third kappa shape index (κ3) is 9.29. The number of carbonyl (C=O) groups is 4. The molecule has 2 rings (SSSR count). The highest BCUT2D eigenvalue weighted by Crippen LogP contribution is 2.06. The number of hydrogen-bond acceptors (Lipinski definition) is 6. The summed E-state index contributed by atoms with van der Waals surface area (Å²) in [5.41, 5.74) is 1.62. The van der Waals surface area contributed by atoms with Gasteiger partial charge in [0.15, 0.2) is 0 Å². The van der Waals surface area contributed by atoms with Gasteiger partial charge in [-0.15, -0.1) is 0 Å². The maximum absolute atomic E-state index is 12.0. The number of ether oxygens (including phenoxy) is 2. The maximum Gasteiger partial charge on any atom is 0.408 e. The molecule has 0 saturated carbocycles. The number of alkyl carbamates (subject to hydrolysis) is 2. The third-order valence-electron chi connectivity index (χ3n) is 4.43. The first kappa shape index (κ1) is 24.4. The Morgan fingerprint density at radius 1 is 0.781 bits per heavy atom. The standard InChI is InChI=1S/C23H26N2O7/c26-20(21(27)28)19(25-23(30)32-16-18-11-5-2-6-12-18)13-7-8-14-24-22(29)31-15-17-9-3-1-4-10-17/h1-6,9-12,19H,7-8,13-16H2,(H,24,29)(H,25,30)(H,27,28)/t19-/m0/s1. The van der Waals surface area contributed by atoms with Gasteiger partial charge in [0.2, 0.25) is 0 Å². The Balaban J connectivity index is 1.68. The fourth-order valence-corrected chi connectivity index (χ4v) is 2.76. The molecule has 9 heteroatoms. The van der Waals surface area contributed by atoms with Crippen LogP contribution in [0.25, 0.3) is 0 Å². The minimum absolute atomic E-state index is 0.00430. The van der Waals surface area contributed by atoms with Gasteiger partial charge in [0.05, 0.1) is 0 Å². The van der Waals surface area contributed by atoms with E-state index in [0.29, 0.717) is 12.8 Å². The van der Waals surface area contributed by atoms with Gasteiger partial charge in [-0.25, -0.2) is 14.4 Å². The molecule has 0 bridgehead atoms. The van der Waals surface area contributed by atoms with Gasteiger partial charge in [-0.1, -0.05) is 60.7 Å². The average Bonchev–Trinajstić information content (AvgIpc) is 2.81. The first-order valence-electron chi connectivity index (χ1n) is 10.1. The van der Waals surface area contributed by atoms with Crippen molar-refractivity contribution in [3.05, 3.63) is 71.8 Å². The van der Waals surface area contributed by atoms with E-state index in [0.717, 1.165) is 11.1 Å². The lowest BCUT2D eigenvalue weighted by molar-refractivity contribution is -0.150. The highest BCUT2D eigenvalue weighted by Gasteiger charge is 2.26. The zero-order valence-corrected chi connectivity index (χ0v) is 17.5. The molecule has 0 aliphatic heterocycles. The molecule has 32 heavy (non-hydrogen) atoms. The Morgan fingerprint density at radius 3 is 1.84 bits per heavy atom. The van der Waals surface area contributed by atoms with Gasteiger partial charge in [0.1, 0.15) is 19.3 Å². The van der Waals surface area contributed by atoms with Gasteiger partial charge >= 0.3 is 18.2 Å². The van der Waals surface area contributed by atoms with Crippen LogP contribution in [-0.4, -0.2) is 41.6 Å². The summed E-state index contributed by atoms with van der Waals surface area (Å²) in [4.78, 5) is 46.6. The lowest BCUT2D eigenvalue weighted by atomic mass is 10.1. The summed E-state index contributed by atoms with van der Waals surface area (Å²) >= 11 is 0. The van der Waals surface area contributed by atoms with E-state index in [1.165, 1.54) is 0 Å². The molecule has 0 fully saturated rings. The third-order valence-corrected chi connectivity index (χ3v) is 4.43. The Morgan fingerprint density at radius 2 is 1.31 bits per heavy atom. The molecule has 1 atom stereocenters. The molecule has 3 N–H and O–H groups in total. The average molecular weight is 442 g/mol. The number of carboxylic acid groups (broad SMARTS) is 1. The zero-order valence-electron chi connectivity index (χ0n) is 17.5. The van der Waals surface area contributed by atoms with Crippen molar-refractivity contribution >= 4 is 23.9 Å². The van der Waals surface area contributed by atoms with Crippen LogP contribution in [0, 0.1) is 0 Å². The van der Waals surface area contributed by atoms with Crippen molar-refractivity contribution in [1.82, 2.24) is 10.6 Å². The molecular weight excluding hydrogens is 416 g/mol. The van der Waals surface area contributed by atoms with E-state index in [1.807, 2.05) is 36.4 Å². The number of benzene rings is 2. The van der Waals surface area contributed by atoms with Gasteiger partial charge < -0.3 is 25.2 Å². The Labute approximate surface area is 185 Å². The van der Waals surface area contributed by atoms with E-state index in [-0.39, 0.29) is 26.2 Å². The number of Topliss-reactive ketones (excluding diaryl/α,β-unsaturated/α-hetero) is 1. The summed E-state index contributed by atoms with van der Waals surface area (Å²) in [6.07, 6.45) is -0.510. The molecule has 0 aliphatic rings. The molecule has 0 saturated heterocycles. The van der Waals surface area contributed by atoms with Crippen molar-refractivity contribution in [2.75, 3.05) is 6.54 Å². The predicted molar refractivity (Wildman–Crippen MR) is 115 cm³/mol. The van der Waals surface area contributed by atoms with Crippen molar-refractivity contribution in [3.8, 4) is 0 Å². The zero-order chi connectivity index (χ0) is 23.2. The molecule has 0 aliphatic carbocycles. The summed E-state index contributed by atoms with van der Waals surface area (Å²) in [7, 11) is 0. The summed E-state index contributed by atoms with van der Waals surface area (Å²) in [5.74, 6) is -2.77. The van der Waals surface area contributed by atoms with E-state index in [1.54, 1.807) is 24.3 Å². The van der Waals surface area contributed by atoms with Crippen LogP contribution in [0.3, 0.4) is 0 Å². The van der Waals surface area contributed by atoms with Crippen molar-refractivity contribution in [2.45, 2.75) is 38.5 Å². The van der Waals surface area contributed by atoms with Crippen LogP contribution in [0.2, 0.25) is 0 Å².